The second-order valence-corrected chi connectivity index (χ2v) is 21.9. The number of carbonyl (C=O) groups excluding carboxylic acids is 4. The van der Waals surface area contributed by atoms with E-state index in [1.807, 2.05) is 0 Å². The van der Waals surface area contributed by atoms with Crippen LogP contribution in [0.5, 0.6) is 0 Å². The van der Waals surface area contributed by atoms with Crippen LogP contribution in [0.3, 0.4) is 0 Å². The van der Waals surface area contributed by atoms with Crippen molar-refractivity contribution in [3.8, 4) is 0 Å². The van der Waals surface area contributed by atoms with Crippen LogP contribution in [0.2, 0.25) is 0 Å². The maximum atomic E-state index is 13.3. The first kappa shape index (κ1) is 52.9. The van der Waals surface area contributed by atoms with Gasteiger partial charge in [0.1, 0.15) is 22.4 Å². The van der Waals surface area contributed by atoms with Gasteiger partial charge in [0.25, 0.3) is 0 Å². The number of ether oxygens (including phenoxy) is 4. The number of carboxylic acids is 4. The molecule has 0 saturated heterocycles. The molecule has 2 aliphatic carbocycles. The minimum atomic E-state index is -1.85. The molecule has 0 radical (unpaired) electrons. The number of hydrogen-bond acceptors (Lipinski definition) is 12. The van der Waals surface area contributed by atoms with E-state index >= 15 is 0 Å². The summed E-state index contributed by atoms with van der Waals surface area (Å²) in [6.07, 6.45) is 3.27. The van der Waals surface area contributed by atoms with Gasteiger partial charge < -0.3 is 39.4 Å². The summed E-state index contributed by atoms with van der Waals surface area (Å²) in [6.45, 7) is 23.7. The number of carbonyl (C=O) groups is 8. The molecule has 0 amide bonds. The molecule has 2 rings (SSSR count). The first-order valence-corrected chi connectivity index (χ1v) is 21.0. The standard InChI is InChI=1S/C45H72O16/c1-38(2,30(46)47)34(54)58-42(9,10)26-18-24(19-27(22-26)43(11,12)59-35(55)39(3,4)31(48)49)17-25-20-28(44(13,14)60-36(56)40(5,6)32(50)51)23-29(21-25)45(15,16)61-37(57)41(7,8)33(52)53/h24-29H,17-23H2,1-16H3,(H,46,47)(H,48,49)(H,50,51)(H,52,53). The van der Waals surface area contributed by atoms with Gasteiger partial charge in [-0.25, -0.2) is 0 Å². The van der Waals surface area contributed by atoms with Crippen molar-refractivity contribution >= 4 is 47.8 Å². The van der Waals surface area contributed by atoms with Gasteiger partial charge in [-0.2, -0.15) is 0 Å². The van der Waals surface area contributed by atoms with Crippen LogP contribution in [0.15, 0.2) is 0 Å². The Bertz CT molecular complexity index is 1480. The largest absolute Gasteiger partial charge is 0.480 e. The van der Waals surface area contributed by atoms with Crippen LogP contribution < -0.4 is 0 Å². The Kier molecular flexibility index (Phi) is 15.5. The van der Waals surface area contributed by atoms with E-state index in [1.165, 1.54) is 55.4 Å². The topological polar surface area (TPSA) is 254 Å². The molecule has 0 aromatic heterocycles. The van der Waals surface area contributed by atoms with E-state index < -0.39 is 115 Å². The highest BCUT2D eigenvalue weighted by molar-refractivity contribution is 6.00. The molecule has 16 nitrogen and oxygen atoms in total. The molecule has 0 bridgehead atoms. The Morgan fingerprint density at radius 3 is 0.656 bits per heavy atom. The highest BCUT2D eigenvalue weighted by atomic mass is 16.6. The van der Waals surface area contributed by atoms with Crippen LogP contribution in [0, 0.1) is 57.2 Å². The molecule has 0 aromatic carbocycles. The van der Waals surface area contributed by atoms with Gasteiger partial charge in [-0.05, 0) is 191 Å². The van der Waals surface area contributed by atoms with Crippen molar-refractivity contribution < 1.29 is 77.7 Å². The average Bonchev–Trinajstić information content (AvgIpc) is 3.10. The van der Waals surface area contributed by atoms with E-state index in [0.29, 0.717) is 44.9 Å². The lowest BCUT2D eigenvalue weighted by Gasteiger charge is -2.50. The van der Waals surface area contributed by atoms with Crippen molar-refractivity contribution in [1.29, 1.82) is 0 Å². The van der Waals surface area contributed by atoms with Gasteiger partial charge in [-0.3, -0.25) is 38.4 Å². The highest BCUT2D eigenvalue weighted by Gasteiger charge is 2.53. The Morgan fingerprint density at radius 1 is 0.344 bits per heavy atom. The third-order valence-electron chi connectivity index (χ3n) is 13.8. The Balaban J connectivity index is 2.67. The van der Waals surface area contributed by atoms with Crippen LogP contribution in [0.4, 0.5) is 0 Å². The summed E-state index contributed by atoms with van der Waals surface area (Å²) in [5.74, 6) is -11.0. The van der Waals surface area contributed by atoms with E-state index in [2.05, 4.69) is 0 Å². The summed E-state index contributed by atoms with van der Waals surface area (Å²) >= 11 is 0. The lowest BCUT2D eigenvalue weighted by molar-refractivity contribution is -0.188. The van der Waals surface area contributed by atoms with Crippen molar-refractivity contribution in [2.24, 2.45) is 57.2 Å². The first-order chi connectivity index (χ1) is 27.2. The fourth-order valence-corrected chi connectivity index (χ4v) is 8.15. The van der Waals surface area contributed by atoms with Gasteiger partial charge >= 0.3 is 47.8 Å². The smallest absolute Gasteiger partial charge is 0.323 e. The molecule has 4 unspecified atom stereocenters. The number of rotatable bonds is 18. The van der Waals surface area contributed by atoms with Crippen LogP contribution in [-0.4, -0.2) is 90.6 Å². The maximum Gasteiger partial charge on any atom is 0.323 e. The fourth-order valence-electron chi connectivity index (χ4n) is 8.15. The average molecular weight is 869 g/mol. The second-order valence-electron chi connectivity index (χ2n) is 21.9. The van der Waals surface area contributed by atoms with Gasteiger partial charge in [0.05, 0.1) is 0 Å². The molecule has 61 heavy (non-hydrogen) atoms. The monoisotopic (exact) mass is 868 g/mol. The molecule has 0 heterocycles. The lowest BCUT2D eigenvalue weighted by Crippen LogP contribution is -2.51. The number of hydrogen-bond donors (Lipinski definition) is 4. The van der Waals surface area contributed by atoms with Gasteiger partial charge in [-0.1, -0.05) is 0 Å². The zero-order valence-electron chi connectivity index (χ0n) is 39.1. The molecule has 348 valence electrons. The van der Waals surface area contributed by atoms with E-state index in [4.69, 9.17) is 18.9 Å². The van der Waals surface area contributed by atoms with Gasteiger partial charge in [0, 0.05) is 0 Å². The van der Waals surface area contributed by atoms with Crippen molar-refractivity contribution in [2.45, 2.75) is 178 Å². The van der Waals surface area contributed by atoms with Crippen molar-refractivity contribution in [1.82, 2.24) is 0 Å². The molecule has 16 heteroatoms. The summed E-state index contributed by atoms with van der Waals surface area (Å²) in [5, 5.41) is 39.1. The molecule has 4 N–H and O–H groups in total. The number of esters is 4. The predicted molar refractivity (Wildman–Crippen MR) is 220 cm³/mol. The quantitative estimate of drug-likeness (QED) is 0.0605. The zero-order chi connectivity index (χ0) is 47.9. The van der Waals surface area contributed by atoms with E-state index in [0.717, 1.165) is 0 Å². The minimum absolute atomic E-state index is 0.141. The van der Waals surface area contributed by atoms with Crippen molar-refractivity contribution in [3.63, 3.8) is 0 Å². The van der Waals surface area contributed by atoms with Gasteiger partial charge in [0.15, 0.2) is 21.7 Å². The van der Waals surface area contributed by atoms with Crippen LogP contribution in [-0.2, 0) is 57.3 Å². The second kappa shape index (κ2) is 17.9. The van der Waals surface area contributed by atoms with Crippen molar-refractivity contribution in [3.05, 3.63) is 0 Å². The Hall–Kier alpha value is -4.24. The van der Waals surface area contributed by atoms with Crippen LogP contribution in [0.25, 0.3) is 0 Å². The Morgan fingerprint density at radius 2 is 0.508 bits per heavy atom. The molecule has 0 spiro atoms. The lowest BCUT2D eigenvalue weighted by atomic mass is 9.60. The van der Waals surface area contributed by atoms with E-state index in [1.54, 1.807) is 55.4 Å². The molecule has 2 saturated carbocycles. The molecule has 0 aromatic rings. The SMILES string of the molecule is CC(C)(C(=O)O)C(=O)OC(C)(C)C1CC(CC2CC(C(C)(C)OC(=O)C(C)(C)C(=O)O)CC(C(C)(C)OC(=O)C(C)(C)C(=O)O)C2)CC(C(C)(C)OC(=O)C(C)(C)C(=O)O)C1. The molecule has 2 fully saturated rings. The van der Waals surface area contributed by atoms with Crippen LogP contribution in [0.1, 0.15) is 156 Å². The maximum absolute atomic E-state index is 13.3. The predicted octanol–water partition coefficient (Wildman–Crippen LogP) is 7.17. The molecular formula is C45H72O16. The van der Waals surface area contributed by atoms with Crippen molar-refractivity contribution in [2.75, 3.05) is 0 Å². The van der Waals surface area contributed by atoms with Gasteiger partial charge in [-0.15, -0.1) is 0 Å². The molecule has 2 aliphatic rings. The van der Waals surface area contributed by atoms with Gasteiger partial charge in [0.2, 0.25) is 0 Å². The first-order valence-electron chi connectivity index (χ1n) is 21.0. The third-order valence-corrected chi connectivity index (χ3v) is 13.8. The minimum Gasteiger partial charge on any atom is -0.480 e. The fraction of sp³-hybridized carbons (Fsp3) is 0.822. The normalized spacial score (nSPS) is 23.5. The number of carboxylic acid groups (broad SMARTS) is 4. The summed E-state index contributed by atoms with van der Waals surface area (Å²) in [4.78, 5) is 101. The summed E-state index contributed by atoms with van der Waals surface area (Å²) < 4.78 is 23.9. The highest BCUT2D eigenvalue weighted by Crippen LogP contribution is 2.52. The summed E-state index contributed by atoms with van der Waals surface area (Å²) in [7, 11) is 0. The number of aliphatic carboxylic acids is 4. The summed E-state index contributed by atoms with van der Waals surface area (Å²) in [5.41, 5.74) is -12.2. The Labute approximate surface area is 360 Å². The summed E-state index contributed by atoms with van der Waals surface area (Å²) in [6, 6.07) is 0. The third kappa shape index (κ3) is 12.0. The van der Waals surface area contributed by atoms with Crippen LogP contribution >= 0.6 is 0 Å². The molecule has 0 aliphatic heterocycles. The van der Waals surface area contributed by atoms with E-state index in [9.17, 15) is 58.8 Å². The zero-order valence-corrected chi connectivity index (χ0v) is 39.1. The van der Waals surface area contributed by atoms with E-state index in [-0.39, 0.29) is 11.8 Å². The molecule has 4 atom stereocenters. The molecular weight excluding hydrogens is 796 g/mol.